The van der Waals surface area contributed by atoms with E-state index in [9.17, 15) is 14.7 Å². The van der Waals surface area contributed by atoms with Crippen LogP contribution in [0.2, 0.25) is 0 Å². The molecule has 1 saturated carbocycles. The summed E-state index contributed by atoms with van der Waals surface area (Å²) in [4.78, 5) is 23.4. The van der Waals surface area contributed by atoms with Crippen molar-refractivity contribution in [3.63, 3.8) is 0 Å². The van der Waals surface area contributed by atoms with Crippen LogP contribution in [-0.4, -0.2) is 41.7 Å². The molecule has 1 fully saturated rings. The molecular weight excluding hydrogens is 270 g/mol. The van der Waals surface area contributed by atoms with Gasteiger partial charge in [0.15, 0.2) is 0 Å². The molecule has 0 spiro atoms. The molecule has 6 heteroatoms. The molecule has 0 heterocycles. The zero-order valence-corrected chi connectivity index (χ0v) is 13.3. The predicted octanol–water partition coefficient (Wildman–Crippen LogP) is 0.143. The van der Waals surface area contributed by atoms with E-state index in [4.69, 9.17) is 5.73 Å². The highest BCUT2D eigenvalue weighted by Gasteiger charge is 2.32. The highest BCUT2D eigenvalue weighted by atomic mass is 16.3. The SMILES string of the molecule is CC1CCCC(O)(CNC(=O)CNC(=O)[C@@H](N)C(C)C)C1. The molecule has 2 amide bonds. The molecule has 3 atom stereocenters. The minimum Gasteiger partial charge on any atom is -0.388 e. The number of rotatable bonds is 6. The molecule has 122 valence electrons. The van der Waals surface area contributed by atoms with Crippen molar-refractivity contribution in [2.24, 2.45) is 17.6 Å². The number of nitrogens with two attached hydrogens (primary N) is 1. The second-order valence-corrected chi connectivity index (χ2v) is 6.69. The van der Waals surface area contributed by atoms with E-state index in [0.717, 1.165) is 12.8 Å². The van der Waals surface area contributed by atoms with E-state index in [2.05, 4.69) is 17.6 Å². The third kappa shape index (κ3) is 6.01. The lowest BCUT2D eigenvalue weighted by Gasteiger charge is -2.35. The van der Waals surface area contributed by atoms with Crippen molar-refractivity contribution in [1.29, 1.82) is 0 Å². The number of hydrogen-bond acceptors (Lipinski definition) is 4. The van der Waals surface area contributed by atoms with Crippen LogP contribution in [0, 0.1) is 11.8 Å². The van der Waals surface area contributed by atoms with Gasteiger partial charge in [0, 0.05) is 6.54 Å². The van der Waals surface area contributed by atoms with Gasteiger partial charge in [-0.05, 0) is 24.7 Å². The van der Waals surface area contributed by atoms with Crippen molar-refractivity contribution in [3.05, 3.63) is 0 Å². The molecule has 6 nitrogen and oxygen atoms in total. The summed E-state index contributed by atoms with van der Waals surface area (Å²) in [6, 6.07) is -0.610. The van der Waals surface area contributed by atoms with E-state index >= 15 is 0 Å². The molecule has 0 aliphatic heterocycles. The summed E-state index contributed by atoms with van der Waals surface area (Å²) >= 11 is 0. The van der Waals surface area contributed by atoms with Gasteiger partial charge in [-0.25, -0.2) is 0 Å². The molecule has 0 radical (unpaired) electrons. The number of amides is 2. The highest BCUT2D eigenvalue weighted by molar-refractivity contribution is 5.87. The largest absolute Gasteiger partial charge is 0.388 e. The molecule has 0 aromatic carbocycles. The monoisotopic (exact) mass is 299 g/mol. The van der Waals surface area contributed by atoms with Crippen molar-refractivity contribution in [3.8, 4) is 0 Å². The number of aliphatic hydroxyl groups is 1. The van der Waals surface area contributed by atoms with Crippen LogP contribution in [0.1, 0.15) is 46.5 Å². The zero-order valence-electron chi connectivity index (χ0n) is 13.3. The average molecular weight is 299 g/mol. The minimum atomic E-state index is -0.814. The lowest BCUT2D eigenvalue weighted by molar-refractivity contribution is -0.128. The van der Waals surface area contributed by atoms with Gasteiger partial charge in [-0.3, -0.25) is 9.59 Å². The molecule has 0 saturated heterocycles. The molecule has 1 aliphatic rings. The summed E-state index contributed by atoms with van der Waals surface area (Å²) in [7, 11) is 0. The quantitative estimate of drug-likeness (QED) is 0.560. The van der Waals surface area contributed by atoms with E-state index in [1.165, 1.54) is 0 Å². The third-order valence-corrected chi connectivity index (χ3v) is 4.13. The van der Waals surface area contributed by atoms with Crippen molar-refractivity contribution < 1.29 is 14.7 Å². The van der Waals surface area contributed by atoms with E-state index in [1.807, 2.05) is 13.8 Å². The molecule has 1 rings (SSSR count). The summed E-state index contributed by atoms with van der Waals surface area (Å²) in [5, 5.41) is 15.6. The molecule has 0 bridgehead atoms. The van der Waals surface area contributed by atoms with Gasteiger partial charge >= 0.3 is 0 Å². The van der Waals surface area contributed by atoms with Crippen LogP contribution in [-0.2, 0) is 9.59 Å². The number of hydrogen-bond donors (Lipinski definition) is 4. The predicted molar refractivity (Wildman–Crippen MR) is 81.4 cm³/mol. The van der Waals surface area contributed by atoms with Crippen LogP contribution in [0.4, 0.5) is 0 Å². The normalized spacial score (nSPS) is 27.2. The van der Waals surface area contributed by atoms with Crippen LogP contribution < -0.4 is 16.4 Å². The molecular formula is C15H29N3O3. The first-order valence-corrected chi connectivity index (χ1v) is 7.76. The van der Waals surface area contributed by atoms with Gasteiger partial charge in [0.1, 0.15) is 0 Å². The maximum absolute atomic E-state index is 11.7. The van der Waals surface area contributed by atoms with Gasteiger partial charge in [0.2, 0.25) is 11.8 Å². The van der Waals surface area contributed by atoms with Gasteiger partial charge in [0.05, 0.1) is 18.2 Å². The first-order valence-electron chi connectivity index (χ1n) is 7.76. The van der Waals surface area contributed by atoms with Crippen molar-refractivity contribution in [2.75, 3.05) is 13.1 Å². The topological polar surface area (TPSA) is 104 Å². The molecule has 2 unspecified atom stereocenters. The fourth-order valence-corrected chi connectivity index (χ4v) is 2.71. The number of nitrogens with one attached hydrogen (secondary N) is 2. The molecule has 0 aromatic heterocycles. The molecule has 5 N–H and O–H groups in total. The van der Waals surface area contributed by atoms with Gasteiger partial charge < -0.3 is 21.5 Å². The Kier molecular flexibility index (Phi) is 6.61. The first-order chi connectivity index (χ1) is 9.73. The maximum Gasteiger partial charge on any atom is 0.239 e. The Morgan fingerprint density at radius 1 is 1.38 bits per heavy atom. The van der Waals surface area contributed by atoms with E-state index < -0.39 is 11.6 Å². The maximum atomic E-state index is 11.7. The fraction of sp³-hybridized carbons (Fsp3) is 0.867. The summed E-state index contributed by atoms with van der Waals surface area (Å²) in [5.41, 5.74) is 4.88. The average Bonchev–Trinajstić information content (AvgIpc) is 2.41. The smallest absolute Gasteiger partial charge is 0.239 e. The van der Waals surface area contributed by atoms with Gasteiger partial charge in [0.25, 0.3) is 0 Å². The van der Waals surface area contributed by atoms with Gasteiger partial charge in [-0.2, -0.15) is 0 Å². The Hall–Kier alpha value is -1.14. The lowest BCUT2D eigenvalue weighted by atomic mass is 9.79. The Labute approximate surface area is 126 Å². The van der Waals surface area contributed by atoms with E-state index in [1.54, 1.807) is 0 Å². The first kappa shape index (κ1) is 17.9. The van der Waals surface area contributed by atoms with Crippen LogP contribution >= 0.6 is 0 Å². The second-order valence-electron chi connectivity index (χ2n) is 6.69. The summed E-state index contributed by atoms with van der Waals surface area (Å²) in [5.74, 6) is -0.127. The molecule has 0 aromatic rings. The number of carbonyl (C=O) groups excluding carboxylic acids is 2. The summed E-state index contributed by atoms with van der Waals surface area (Å²) < 4.78 is 0. The summed E-state index contributed by atoms with van der Waals surface area (Å²) in [6.45, 7) is 5.95. The third-order valence-electron chi connectivity index (χ3n) is 4.13. The Balaban J connectivity index is 2.29. The van der Waals surface area contributed by atoms with E-state index in [-0.39, 0.29) is 30.8 Å². The van der Waals surface area contributed by atoms with Crippen molar-refractivity contribution >= 4 is 11.8 Å². The van der Waals surface area contributed by atoms with Crippen LogP contribution in [0.15, 0.2) is 0 Å². The Morgan fingerprint density at radius 2 is 2.05 bits per heavy atom. The Bertz CT molecular complexity index is 373. The zero-order chi connectivity index (χ0) is 16.0. The fourth-order valence-electron chi connectivity index (χ4n) is 2.71. The standard InChI is InChI=1S/C15H29N3O3/c1-10(2)13(16)14(20)17-8-12(19)18-9-15(21)6-4-5-11(3)7-15/h10-11,13,21H,4-9,16H2,1-3H3,(H,17,20)(H,18,19)/t11?,13-,15?/m0/s1. The van der Waals surface area contributed by atoms with Crippen molar-refractivity contribution in [1.82, 2.24) is 10.6 Å². The Morgan fingerprint density at radius 3 is 2.62 bits per heavy atom. The van der Waals surface area contributed by atoms with E-state index in [0.29, 0.717) is 18.8 Å². The molecule has 1 aliphatic carbocycles. The number of carbonyl (C=O) groups is 2. The second kappa shape index (κ2) is 7.75. The van der Waals surface area contributed by atoms with Crippen molar-refractivity contribution in [2.45, 2.75) is 58.1 Å². The molecule has 21 heavy (non-hydrogen) atoms. The highest BCUT2D eigenvalue weighted by Crippen LogP contribution is 2.31. The van der Waals surface area contributed by atoms with Gasteiger partial charge in [-0.15, -0.1) is 0 Å². The van der Waals surface area contributed by atoms with Gasteiger partial charge in [-0.1, -0.05) is 33.6 Å². The van der Waals surface area contributed by atoms with Crippen LogP contribution in [0.5, 0.6) is 0 Å². The lowest BCUT2D eigenvalue weighted by Crippen LogP contribution is -2.50. The van der Waals surface area contributed by atoms with Crippen LogP contribution in [0.3, 0.4) is 0 Å². The van der Waals surface area contributed by atoms with Crippen LogP contribution in [0.25, 0.3) is 0 Å². The minimum absolute atomic E-state index is 0.0255. The summed E-state index contributed by atoms with van der Waals surface area (Å²) in [6.07, 6.45) is 3.52.